The van der Waals surface area contributed by atoms with E-state index in [0.717, 1.165) is 0 Å². The normalized spacial score (nSPS) is 9.63. The van der Waals surface area contributed by atoms with Crippen molar-refractivity contribution in [2.45, 2.75) is 6.42 Å². The molecule has 0 saturated carbocycles. The molecule has 1 aromatic heterocycles. The summed E-state index contributed by atoms with van der Waals surface area (Å²) in [6, 6.07) is 11.9. The summed E-state index contributed by atoms with van der Waals surface area (Å²) >= 11 is 0. The number of carbonyl (C=O) groups is 1. The van der Waals surface area contributed by atoms with Crippen molar-refractivity contribution in [3.63, 3.8) is 0 Å². The molecule has 0 bridgehead atoms. The number of pyridine rings is 1. The largest absolute Gasteiger partial charge is 0.481 e. The molecule has 2 rings (SSSR count). The number of carboxylic acids is 1. The van der Waals surface area contributed by atoms with Crippen LogP contribution in [0.25, 0.3) is 0 Å². The van der Waals surface area contributed by atoms with Crippen LogP contribution in [0.15, 0.2) is 42.6 Å². The zero-order valence-corrected chi connectivity index (χ0v) is 9.91. The van der Waals surface area contributed by atoms with Crippen molar-refractivity contribution in [2.75, 3.05) is 0 Å². The minimum atomic E-state index is -0.873. The van der Waals surface area contributed by atoms with Crippen LogP contribution in [0.3, 0.4) is 0 Å². The molecule has 19 heavy (non-hydrogen) atoms. The lowest BCUT2D eigenvalue weighted by molar-refractivity contribution is -0.136. The van der Waals surface area contributed by atoms with Crippen molar-refractivity contribution in [2.24, 2.45) is 0 Å². The van der Waals surface area contributed by atoms with Gasteiger partial charge in [-0.2, -0.15) is 5.26 Å². The highest BCUT2D eigenvalue weighted by Crippen LogP contribution is 2.19. The number of hydrogen-bond acceptors (Lipinski definition) is 4. The van der Waals surface area contributed by atoms with Gasteiger partial charge in [0, 0.05) is 12.3 Å². The molecule has 5 nitrogen and oxygen atoms in total. The van der Waals surface area contributed by atoms with Gasteiger partial charge in [-0.05, 0) is 23.8 Å². The first-order valence-electron chi connectivity index (χ1n) is 5.52. The Morgan fingerprint density at radius 3 is 2.53 bits per heavy atom. The van der Waals surface area contributed by atoms with Gasteiger partial charge in [0.2, 0.25) is 5.88 Å². The molecule has 5 heteroatoms. The Balaban J connectivity index is 2.06. The smallest absolute Gasteiger partial charge is 0.307 e. The number of aromatic nitrogens is 1. The van der Waals surface area contributed by atoms with E-state index in [1.165, 1.54) is 6.20 Å². The maximum absolute atomic E-state index is 10.5. The lowest BCUT2D eigenvalue weighted by atomic mass is 10.1. The Bertz CT molecular complexity index is 613. The van der Waals surface area contributed by atoms with Crippen LogP contribution in [-0.4, -0.2) is 16.1 Å². The molecule has 2 aromatic rings. The van der Waals surface area contributed by atoms with E-state index in [2.05, 4.69) is 4.98 Å². The molecule has 0 aliphatic rings. The molecule has 0 spiro atoms. The van der Waals surface area contributed by atoms with Gasteiger partial charge in [0.25, 0.3) is 0 Å². The molecule has 1 N–H and O–H groups in total. The van der Waals surface area contributed by atoms with E-state index in [1.807, 2.05) is 6.07 Å². The van der Waals surface area contributed by atoms with Crippen LogP contribution in [0.4, 0.5) is 0 Å². The van der Waals surface area contributed by atoms with Crippen LogP contribution in [-0.2, 0) is 11.2 Å². The number of aliphatic carboxylic acids is 1. The van der Waals surface area contributed by atoms with Gasteiger partial charge >= 0.3 is 5.97 Å². The number of nitrogens with zero attached hydrogens (tertiary/aromatic N) is 2. The van der Waals surface area contributed by atoms with Crippen LogP contribution in [0.2, 0.25) is 0 Å². The van der Waals surface area contributed by atoms with Crippen LogP contribution in [0.5, 0.6) is 11.6 Å². The Labute approximate surface area is 109 Å². The fraction of sp³-hybridized carbons (Fsp3) is 0.0714. The van der Waals surface area contributed by atoms with Gasteiger partial charge in [0.1, 0.15) is 11.8 Å². The predicted molar refractivity (Wildman–Crippen MR) is 66.8 cm³/mol. The molecular formula is C14H10N2O3. The van der Waals surface area contributed by atoms with Gasteiger partial charge in [0.15, 0.2) is 0 Å². The second-order valence-electron chi connectivity index (χ2n) is 3.81. The third kappa shape index (κ3) is 3.54. The SMILES string of the molecule is N#Cc1ccc(Oc2ccc(CC(=O)O)cc2)nc1. The summed E-state index contributed by atoms with van der Waals surface area (Å²) < 4.78 is 5.47. The second kappa shape index (κ2) is 5.65. The van der Waals surface area contributed by atoms with Crippen LogP contribution < -0.4 is 4.74 Å². The molecule has 0 unspecified atom stereocenters. The molecule has 0 aliphatic heterocycles. The van der Waals surface area contributed by atoms with E-state index in [9.17, 15) is 4.79 Å². The number of nitriles is 1. The predicted octanol–water partition coefficient (Wildman–Crippen LogP) is 2.37. The number of carboxylic acid groups (broad SMARTS) is 1. The van der Waals surface area contributed by atoms with Crippen molar-refractivity contribution >= 4 is 5.97 Å². The number of benzene rings is 1. The average Bonchev–Trinajstić information content (AvgIpc) is 2.41. The first kappa shape index (κ1) is 12.6. The molecule has 0 saturated heterocycles. The Kier molecular flexibility index (Phi) is 3.74. The third-order valence-corrected chi connectivity index (χ3v) is 2.37. The summed E-state index contributed by atoms with van der Waals surface area (Å²) in [5.41, 5.74) is 1.16. The fourth-order valence-corrected chi connectivity index (χ4v) is 1.48. The number of ether oxygens (including phenoxy) is 1. The van der Waals surface area contributed by atoms with Crippen molar-refractivity contribution in [3.8, 4) is 17.7 Å². The third-order valence-electron chi connectivity index (χ3n) is 2.37. The minimum absolute atomic E-state index is 0.0185. The fourth-order valence-electron chi connectivity index (χ4n) is 1.48. The van der Waals surface area contributed by atoms with E-state index in [-0.39, 0.29) is 6.42 Å². The molecule has 0 radical (unpaired) electrons. The Morgan fingerprint density at radius 2 is 2.00 bits per heavy atom. The lowest BCUT2D eigenvalue weighted by Gasteiger charge is -2.05. The van der Waals surface area contributed by atoms with Gasteiger partial charge in [-0.3, -0.25) is 4.79 Å². The van der Waals surface area contributed by atoms with Gasteiger partial charge < -0.3 is 9.84 Å². The standard InChI is InChI=1S/C14H10N2O3/c15-8-11-3-6-13(16-9-11)19-12-4-1-10(2-5-12)7-14(17)18/h1-6,9H,7H2,(H,17,18). The summed E-state index contributed by atoms with van der Waals surface area (Å²) in [6.45, 7) is 0. The molecule has 1 aromatic carbocycles. The highest BCUT2D eigenvalue weighted by molar-refractivity contribution is 5.70. The van der Waals surface area contributed by atoms with Gasteiger partial charge in [-0.1, -0.05) is 12.1 Å². The van der Waals surface area contributed by atoms with Crippen molar-refractivity contribution in [1.29, 1.82) is 5.26 Å². The molecule has 0 amide bonds. The monoisotopic (exact) mass is 254 g/mol. The highest BCUT2D eigenvalue weighted by Gasteiger charge is 2.02. The van der Waals surface area contributed by atoms with Crippen LogP contribution in [0, 0.1) is 11.3 Å². The zero-order chi connectivity index (χ0) is 13.7. The average molecular weight is 254 g/mol. The maximum Gasteiger partial charge on any atom is 0.307 e. The quantitative estimate of drug-likeness (QED) is 0.905. The molecule has 0 aliphatic carbocycles. The summed E-state index contributed by atoms with van der Waals surface area (Å²) in [5.74, 6) is 0.0683. The summed E-state index contributed by atoms with van der Waals surface area (Å²) in [4.78, 5) is 14.5. The van der Waals surface area contributed by atoms with Gasteiger partial charge in [-0.25, -0.2) is 4.98 Å². The first-order valence-corrected chi connectivity index (χ1v) is 5.52. The molecule has 0 fully saturated rings. The Hall–Kier alpha value is -2.87. The topological polar surface area (TPSA) is 83.2 Å². The summed E-state index contributed by atoms with van der Waals surface area (Å²) in [7, 11) is 0. The maximum atomic E-state index is 10.5. The van der Waals surface area contributed by atoms with E-state index in [1.54, 1.807) is 36.4 Å². The first-order chi connectivity index (χ1) is 9.17. The highest BCUT2D eigenvalue weighted by atomic mass is 16.5. The van der Waals surface area contributed by atoms with E-state index in [4.69, 9.17) is 15.1 Å². The van der Waals surface area contributed by atoms with Crippen LogP contribution in [0.1, 0.15) is 11.1 Å². The second-order valence-corrected chi connectivity index (χ2v) is 3.81. The molecule has 94 valence electrons. The number of rotatable bonds is 4. The molecule has 0 atom stereocenters. The summed E-state index contributed by atoms with van der Waals surface area (Å²) in [5, 5.41) is 17.3. The summed E-state index contributed by atoms with van der Waals surface area (Å²) in [6.07, 6.45) is 1.41. The van der Waals surface area contributed by atoms with E-state index < -0.39 is 5.97 Å². The van der Waals surface area contributed by atoms with E-state index in [0.29, 0.717) is 22.8 Å². The van der Waals surface area contributed by atoms with Crippen molar-refractivity contribution < 1.29 is 14.6 Å². The Morgan fingerprint density at radius 1 is 1.26 bits per heavy atom. The lowest BCUT2D eigenvalue weighted by Crippen LogP contribution is -1.99. The molecular weight excluding hydrogens is 244 g/mol. The van der Waals surface area contributed by atoms with E-state index >= 15 is 0 Å². The van der Waals surface area contributed by atoms with Crippen molar-refractivity contribution in [3.05, 3.63) is 53.7 Å². The van der Waals surface area contributed by atoms with Crippen molar-refractivity contribution in [1.82, 2.24) is 4.98 Å². The zero-order valence-electron chi connectivity index (χ0n) is 9.91. The van der Waals surface area contributed by atoms with Crippen LogP contribution >= 0.6 is 0 Å². The molecule has 1 heterocycles. The number of hydrogen-bond donors (Lipinski definition) is 1. The van der Waals surface area contributed by atoms with Gasteiger partial charge in [-0.15, -0.1) is 0 Å². The minimum Gasteiger partial charge on any atom is -0.481 e. The van der Waals surface area contributed by atoms with Gasteiger partial charge in [0.05, 0.1) is 12.0 Å².